The summed E-state index contributed by atoms with van der Waals surface area (Å²) in [4.78, 5) is 0. The molecule has 10 atom stereocenters. The van der Waals surface area contributed by atoms with Gasteiger partial charge in [0.2, 0.25) is 0 Å². The number of rotatable bonds is 1. The van der Waals surface area contributed by atoms with Crippen LogP contribution in [0.15, 0.2) is 0 Å². The van der Waals surface area contributed by atoms with Crippen LogP contribution < -0.4 is 0 Å². The Labute approximate surface area is 187 Å². The topological polar surface area (TPSA) is 20.2 Å². The maximum Gasteiger partial charge on any atom is 0.0543 e. The van der Waals surface area contributed by atoms with E-state index >= 15 is 0 Å². The molecule has 5 fully saturated rings. The van der Waals surface area contributed by atoms with Gasteiger partial charge in [-0.25, -0.2) is 0 Å². The minimum Gasteiger partial charge on any atom is -0.393 e. The number of hydrogen-bond donors (Lipinski definition) is 1. The molecule has 0 aromatic rings. The van der Waals surface area contributed by atoms with Crippen molar-refractivity contribution in [3.8, 4) is 0 Å². The van der Waals surface area contributed by atoms with Crippen molar-refractivity contribution in [1.82, 2.24) is 0 Å². The van der Waals surface area contributed by atoms with Gasteiger partial charge in [-0.1, -0.05) is 48.0 Å². The highest BCUT2D eigenvalue weighted by Gasteiger charge is 2.69. The summed E-state index contributed by atoms with van der Waals surface area (Å²) in [7, 11) is 0. The molecule has 0 heterocycles. The Bertz CT molecular complexity index is 694. The Kier molecular flexibility index (Phi) is 4.73. The minimum atomic E-state index is -0.128. The van der Waals surface area contributed by atoms with E-state index in [1.54, 1.807) is 0 Å². The fourth-order valence-electron chi connectivity index (χ4n) is 11.6. The summed E-state index contributed by atoms with van der Waals surface area (Å²) in [5, 5.41) is 10.7. The predicted molar refractivity (Wildman–Crippen MR) is 126 cm³/mol. The van der Waals surface area contributed by atoms with Gasteiger partial charge >= 0.3 is 0 Å². The van der Waals surface area contributed by atoms with Crippen LogP contribution in [-0.2, 0) is 0 Å². The standard InChI is InChI=1S/C29H50O/c1-19(30)20-11-15-26(4)17-18-28(6)21(24(20)26)9-10-23-27(5)14-8-13-25(2,3)22(27)12-16-29(23,28)7/h19-24,30H,8-18H2,1-7H3/t19?,20-,21+,22-,23+,24+,26+,27-,28+,29+/m0/s1. The van der Waals surface area contributed by atoms with E-state index in [9.17, 15) is 5.11 Å². The first-order valence-electron chi connectivity index (χ1n) is 13.6. The van der Waals surface area contributed by atoms with Crippen LogP contribution >= 0.6 is 0 Å². The van der Waals surface area contributed by atoms with Crippen LogP contribution in [-0.4, -0.2) is 11.2 Å². The molecule has 0 radical (unpaired) electrons. The second kappa shape index (κ2) is 6.51. The van der Waals surface area contributed by atoms with Crippen LogP contribution in [0.2, 0.25) is 0 Å². The Morgan fingerprint density at radius 3 is 2.13 bits per heavy atom. The number of fused-ring (bicyclic) bond motifs is 7. The summed E-state index contributed by atoms with van der Waals surface area (Å²) >= 11 is 0. The lowest BCUT2D eigenvalue weighted by Gasteiger charge is -2.72. The molecule has 5 aliphatic carbocycles. The molecule has 1 unspecified atom stereocenters. The lowest BCUT2D eigenvalue weighted by Crippen LogP contribution is -2.65. The highest BCUT2D eigenvalue weighted by Crippen LogP contribution is 2.77. The highest BCUT2D eigenvalue weighted by molar-refractivity contribution is 5.18. The van der Waals surface area contributed by atoms with E-state index in [4.69, 9.17) is 0 Å². The van der Waals surface area contributed by atoms with Crippen molar-refractivity contribution in [3.63, 3.8) is 0 Å². The van der Waals surface area contributed by atoms with E-state index in [1.165, 1.54) is 70.6 Å². The van der Waals surface area contributed by atoms with Gasteiger partial charge in [0.1, 0.15) is 0 Å². The molecule has 5 aliphatic rings. The van der Waals surface area contributed by atoms with Gasteiger partial charge in [-0.2, -0.15) is 0 Å². The summed E-state index contributed by atoms with van der Waals surface area (Å²) in [6, 6.07) is 0. The summed E-state index contributed by atoms with van der Waals surface area (Å²) in [5.41, 5.74) is 2.51. The maximum atomic E-state index is 10.7. The van der Waals surface area contributed by atoms with E-state index in [1.807, 2.05) is 0 Å². The molecule has 5 saturated carbocycles. The molecule has 172 valence electrons. The largest absolute Gasteiger partial charge is 0.393 e. The van der Waals surface area contributed by atoms with Crippen LogP contribution in [0.5, 0.6) is 0 Å². The van der Waals surface area contributed by atoms with Gasteiger partial charge < -0.3 is 5.11 Å². The van der Waals surface area contributed by atoms with Crippen LogP contribution in [0.4, 0.5) is 0 Å². The van der Waals surface area contributed by atoms with Crippen molar-refractivity contribution in [2.75, 3.05) is 0 Å². The molecule has 1 N–H and O–H groups in total. The van der Waals surface area contributed by atoms with Crippen molar-refractivity contribution in [2.45, 2.75) is 125 Å². The summed E-state index contributed by atoms with van der Waals surface area (Å²) < 4.78 is 0. The Morgan fingerprint density at radius 1 is 0.700 bits per heavy atom. The second-order valence-electron chi connectivity index (χ2n) is 14.6. The van der Waals surface area contributed by atoms with Gasteiger partial charge in [-0.05, 0) is 128 Å². The van der Waals surface area contributed by atoms with Gasteiger partial charge in [0.05, 0.1) is 6.10 Å². The molecular weight excluding hydrogens is 364 g/mol. The number of hydrogen-bond acceptors (Lipinski definition) is 1. The molecule has 30 heavy (non-hydrogen) atoms. The molecule has 5 rings (SSSR count). The van der Waals surface area contributed by atoms with E-state index in [-0.39, 0.29) is 6.10 Å². The molecule has 1 nitrogen and oxygen atoms in total. The normalized spacial score (nSPS) is 58.2. The Morgan fingerprint density at radius 2 is 1.43 bits per heavy atom. The Hall–Kier alpha value is -0.0400. The average Bonchev–Trinajstić information content (AvgIpc) is 2.99. The monoisotopic (exact) mass is 414 g/mol. The van der Waals surface area contributed by atoms with Crippen LogP contribution in [0.3, 0.4) is 0 Å². The first-order valence-corrected chi connectivity index (χ1v) is 13.6. The summed E-state index contributed by atoms with van der Waals surface area (Å²) in [6.45, 7) is 18.1. The van der Waals surface area contributed by atoms with Gasteiger partial charge in [-0.3, -0.25) is 0 Å². The summed E-state index contributed by atoms with van der Waals surface area (Å²) in [6.07, 6.45) is 15.5. The van der Waals surface area contributed by atoms with Gasteiger partial charge in [0, 0.05) is 0 Å². The third-order valence-corrected chi connectivity index (χ3v) is 13.3. The third-order valence-electron chi connectivity index (χ3n) is 13.3. The quantitative estimate of drug-likeness (QED) is 0.463. The van der Waals surface area contributed by atoms with Crippen LogP contribution in [0.1, 0.15) is 119 Å². The lowest BCUT2D eigenvalue weighted by atomic mass is 9.32. The minimum absolute atomic E-state index is 0.128. The summed E-state index contributed by atoms with van der Waals surface area (Å²) in [5.74, 6) is 3.95. The first-order chi connectivity index (χ1) is 13.9. The van der Waals surface area contributed by atoms with Crippen molar-refractivity contribution >= 4 is 0 Å². The van der Waals surface area contributed by atoms with Crippen molar-refractivity contribution < 1.29 is 5.11 Å². The molecule has 0 aliphatic heterocycles. The molecule has 0 bridgehead atoms. The van der Waals surface area contributed by atoms with Crippen molar-refractivity contribution in [3.05, 3.63) is 0 Å². The molecule has 0 aromatic heterocycles. The van der Waals surface area contributed by atoms with Crippen LogP contribution in [0.25, 0.3) is 0 Å². The molecule has 0 spiro atoms. The van der Waals surface area contributed by atoms with E-state index in [0.717, 1.165) is 23.7 Å². The van der Waals surface area contributed by atoms with Gasteiger partial charge in [0.25, 0.3) is 0 Å². The second-order valence-corrected chi connectivity index (χ2v) is 14.6. The molecular formula is C29H50O. The molecule has 0 amide bonds. The van der Waals surface area contributed by atoms with Gasteiger partial charge in [-0.15, -0.1) is 0 Å². The fourth-order valence-corrected chi connectivity index (χ4v) is 11.6. The zero-order chi connectivity index (χ0) is 21.7. The Balaban J connectivity index is 1.54. The van der Waals surface area contributed by atoms with E-state index < -0.39 is 0 Å². The van der Waals surface area contributed by atoms with Crippen LogP contribution in [0, 0.1) is 56.7 Å². The smallest absolute Gasteiger partial charge is 0.0543 e. The van der Waals surface area contributed by atoms with Gasteiger partial charge in [0.15, 0.2) is 0 Å². The molecule has 1 heteroatoms. The first kappa shape index (κ1) is 21.8. The third kappa shape index (κ3) is 2.57. The lowest BCUT2D eigenvalue weighted by molar-refractivity contribution is -0.237. The average molecular weight is 415 g/mol. The number of aliphatic hydroxyl groups is 1. The molecule has 0 saturated heterocycles. The highest BCUT2D eigenvalue weighted by atomic mass is 16.3. The number of aliphatic hydroxyl groups excluding tert-OH is 1. The van der Waals surface area contributed by atoms with Crippen molar-refractivity contribution in [2.24, 2.45) is 56.7 Å². The SMILES string of the molecule is CC(O)[C@@H]1CC[C@]2(C)CC[C@]3(C)[C@H](CC[C@@H]4[C@@]5(C)CCCC(C)(C)[C@@H]5CC[C@]43C)[C@@H]12. The maximum absolute atomic E-state index is 10.7. The zero-order valence-electron chi connectivity index (χ0n) is 21.2. The van der Waals surface area contributed by atoms with E-state index in [2.05, 4.69) is 48.5 Å². The predicted octanol–water partition coefficient (Wildman–Crippen LogP) is 7.86. The fraction of sp³-hybridized carbons (Fsp3) is 1.00. The van der Waals surface area contributed by atoms with E-state index in [0.29, 0.717) is 33.0 Å². The molecule has 0 aromatic carbocycles. The zero-order valence-corrected chi connectivity index (χ0v) is 21.2. The van der Waals surface area contributed by atoms with Crippen molar-refractivity contribution in [1.29, 1.82) is 0 Å².